The molecule has 0 aliphatic carbocycles. The lowest BCUT2D eigenvalue weighted by molar-refractivity contribution is -0.117. The summed E-state index contributed by atoms with van der Waals surface area (Å²) in [6.07, 6.45) is 2.67. The molecule has 1 atom stereocenters. The standard InChI is InChI=1S/C14H22O3/c1-4-5-8-16-10-13(9-11(2)15)14-7-6-12(3)17-14/h6-7,13H,4-5,8-10H2,1-3H3. The molecule has 0 amide bonds. The van der Waals surface area contributed by atoms with Gasteiger partial charge in [-0.25, -0.2) is 0 Å². The normalized spacial score (nSPS) is 12.6. The number of unbranched alkanes of at least 4 members (excludes halogenated alkanes) is 1. The Bertz CT molecular complexity index is 341. The van der Waals surface area contributed by atoms with Crippen molar-refractivity contribution in [1.82, 2.24) is 0 Å². The maximum atomic E-state index is 11.2. The number of carbonyl (C=O) groups excluding carboxylic acids is 1. The van der Waals surface area contributed by atoms with Crippen molar-refractivity contribution in [3.8, 4) is 0 Å². The molecule has 0 saturated heterocycles. The Balaban J connectivity index is 2.51. The highest BCUT2D eigenvalue weighted by molar-refractivity contribution is 5.76. The third-order valence-electron chi connectivity index (χ3n) is 2.66. The van der Waals surface area contributed by atoms with Crippen molar-refractivity contribution in [2.75, 3.05) is 13.2 Å². The SMILES string of the molecule is CCCCOCC(CC(C)=O)c1ccc(C)o1. The summed E-state index contributed by atoms with van der Waals surface area (Å²) < 4.78 is 11.2. The zero-order valence-corrected chi connectivity index (χ0v) is 11.0. The maximum Gasteiger partial charge on any atom is 0.130 e. The van der Waals surface area contributed by atoms with Crippen molar-refractivity contribution in [3.05, 3.63) is 23.7 Å². The van der Waals surface area contributed by atoms with Crippen LogP contribution < -0.4 is 0 Å². The fraction of sp³-hybridized carbons (Fsp3) is 0.643. The molecule has 1 rings (SSSR count). The zero-order valence-electron chi connectivity index (χ0n) is 11.0. The highest BCUT2D eigenvalue weighted by Crippen LogP contribution is 2.22. The van der Waals surface area contributed by atoms with Gasteiger partial charge in [0.25, 0.3) is 0 Å². The summed E-state index contributed by atoms with van der Waals surface area (Å²) in [5.41, 5.74) is 0. The Labute approximate surface area is 103 Å². The number of ketones is 1. The Morgan fingerprint density at radius 3 is 2.76 bits per heavy atom. The maximum absolute atomic E-state index is 11.2. The number of rotatable bonds is 8. The number of ether oxygens (including phenoxy) is 1. The number of hydrogen-bond acceptors (Lipinski definition) is 3. The van der Waals surface area contributed by atoms with Gasteiger partial charge in [0.1, 0.15) is 17.3 Å². The number of hydrogen-bond donors (Lipinski definition) is 0. The van der Waals surface area contributed by atoms with Gasteiger partial charge >= 0.3 is 0 Å². The molecule has 3 heteroatoms. The summed E-state index contributed by atoms with van der Waals surface area (Å²) in [6.45, 7) is 6.96. The first-order valence-corrected chi connectivity index (χ1v) is 6.27. The second kappa shape index (κ2) is 7.28. The summed E-state index contributed by atoms with van der Waals surface area (Å²) in [6, 6.07) is 3.86. The molecule has 0 fully saturated rings. The van der Waals surface area contributed by atoms with E-state index < -0.39 is 0 Å². The summed E-state index contributed by atoms with van der Waals surface area (Å²) in [5, 5.41) is 0. The van der Waals surface area contributed by atoms with Gasteiger partial charge in [-0.1, -0.05) is 13.3 Å². The van der Waals surface area contributed by atoms with E-state index >= 15 is 0 Å². The summed E-state index contributed by atoms with van der Waals surface area (Å²) in [5.74, 6) is 1.96. The van der Waals surface area contributed by atoms with E-state index in [-0.39, 0.29) is 11.7 Å². The van der Waals surface area contributed by atoms with Gasteiger partial charge in [-0.05, 0) is 32.4 Å². The third kappa shape index (κ3) is 5.18. The number of furan rings is 1. The molecule has 0 N–H and O–H groups in total. The van der Waals surface area contributed by atoms with Gasteiger partial charge in [0, 0.05) is 18.9 Å². The fourth-order valence-corrected chi connectivity index (χ4v) is 1.73. The second-order valence-corrected chi connectivity index (χ2v) is 4.48. The molecule has 0 saturated carbocycles. The van der Waals surface area contributed by atoms with E-state index in [1.807, 2.05) is 19.1 Å². The van der Waals surface area contributed by atoms with Crippen LogP contribution in [0.15, 0.2) is 16.5 Å². The molecule has 1 aromatic heterocycles. The smallest absolute Gasteiger partial charge is 0.130 e. The fourth-order valence-electron chi connectivity index (χ4n) is 1.73. The van der Waals surface area contributed by atoms with E-state index in [4.69, 9.17) is 9.15 Å². The molecule has 17 heavy (non-hydrogen) atoms. The first-order valence-electron chi connectivity index (χ1n) is 6.27. The van der Waals surface area contributed by atoms with E-state index in [2.05, 4.69) is 6.92 Å². The summed E-state index contributed by atoms with van der Waals surface area (Å²) >= 11 is 0. The van der Waals surface area contributed by atoms with Gasteiger partial charge in [0.05, 0.1) is 6.61 Å². The molecule has 0 spiro atoms. The van der Waals surface area contributed by atoms with Crippen LogP contribution in [-0.2, 0) is 9.53 Å². The first kappa shape index (κ1) is 14.0. The molecule has 1 heterocycles. The van der Waals surface area contributed by atoms with E-state index in [1.165, 1.54) is 0 Å². The van der Waals surface area contributed by atoms with Gasteiger partial charge in [-0.2, -0.15) is 0 Å². The van der Waals surface area contributed by atoms with Crippen LogP contribution in [0.5, 0.6) is 0 Å². The van der Waals surface area contributed by atoms with Crippen molar-refractivity contribution in [1.29, 1.82) is 0 Å². The van der Waals surface area contributed by atoms with Gasteiger partial charge in [0.15, 0.2) is 0 Å². The molecular weight excluding hydrogens is 216 g/mol. The Morgan fingerprint density at radius 2 is 2.24 bits per heavy atom. The van der Waals surface area contributed by atoms with Crippen LogP contribution in [0.3, 0.4) is 0 Å². The molecule has 1 aromatic rings. The molecule has 96 valence electrons. The van der Waals surface area contributed by atoms with Crippen molar-refractivity contribution in [2.45, 2.75) is 46.0 Å². The van der Waals surface area contributed by atoms with Crippen molar-refractivity contribution in [3.63, 3.8) is 0 Å². The van der Waals surface area contributed by atoms with Crippen LogP contribution in [0.25, 0.3) is 0 Å². The Kier molecular flexibility index (Phi) is 5.98. The Hall–Kier alpha value is -1.09. The topological polar surface area (TPSA) is 39.4 Å². The van der Waals surface area contributed by atoms with Crippen LogP contribution in [-0.4, -0.2) is 19.0 Å². The van der Waals surface area contributed by atoms with Crippen LogP contribution >= 0.6 is 0 Å². The van der Waals surface area contributed by atoms with Gasteiger partial charge in [0.2, 0.25) is 0 Å². The van der Waals surface area contributed by atoms with E-state index in [1.54, 1.807) is 6.92 Å². The minimum absolute atomic E-state index is 0.0538. The van der Waals surface area contributed by atoms with E-state index in [0.717, 1.165) is 31.0 Å². The minimum Gasteiger partial charge on any atom is -0.466 e. The highest BCUT2D eigenvalue weighted by Gasteiger charge is 2.17. The monoisotopic (exact) mass is 238 g/mol. The average molecular weight is 238 g/mol. The summed E-state index contributed by atoms with van der Waals surface area (Å²) in [4.78, 5) is 11.2. The largest absolute Gasteiger partial charge is 0.466 e. The molecule has 3 nitrogen and oxygen atoms in total. The molecule has 0 bridgehead atoms. The van der Waals surface area contributed by atoms with Crippen molar-refractivity contribution < 1.29 is 13.9 Å². The highest BCUT2D eigenvalue weighted by atomic mass is 16.5. The second-order valence-electron chi connectivity index (χ2n) is 4.48. The summed E-state index contributed by atoms with van der Waals surface area (Å²) in [7, 11) is 0. The van der Waals surface area contributed by atoms with Gasteiger partial charge in [-0.15, -0.1) is 0 Å². The number of carbonyl (C=O) groups is 1. The molecule has 0 radical (unpaired) electrons. The van der Waals surface area contributed by atoms with Crippen molar-refractivity contribution >= 4 is 5.78 Å². The van der Waals surface area contributed by atoms with Gasteiger partial charge < -0.3 is 13.9 Å². The number of Topliss-reactive ketones (excluding diaryl/α,β-unsaturated/α-hetero) is 1. The predicted octanol–water partition coefficient (Wildman–Crippen LogP) is 3.47. The average Bonchev–Trinajstić information content (AvgIpc) is 2.69. The van der Waals surface area contributed by atoms with Crippen LogP contribution in [0.4, 0.5) is 0 Å². The van der Waals surface area contributed by atoms with E-state index in [9.17, 15) is 4.79 Å². The molecule has 0 aromatic carbocycles. The van der Waals surface area contributed by atoms with Crippen LogP contribution in [0.1, 0.15) is 50.5 Å². The molecular formula is C14H22O3. The van der Waals surface area contributed by atoms with Crippen LogP contribution in [0.2, 0.25) is 0 Å². The molecule has 1 unspecified atom stereocenters. The lowest BCUT2D eigenvalue weighted by Crippen LogP contribution is -2.11. The number of aryl methyl sites for hydroxylation is 1. The lowest BCUT2D eigenvalue weighted by atomic mass is 10.0. The minimum atomic E-state index is 0.0538. The first-order chi connectivity index (χ1) is 8.13. The predicted molar refractivity (Wildman–Crippen MR) is 67.2 cm³/mol. The molecule has 0 aliphatic heterocycles. The zero-order chi connectivity index (χ0) is 12.7. The molecule has 0 aliphatic rings. The van der Waals surface area contributed by atoms with Crippen molar-refractivity contribution in [2.24, 2.45) is 0 Å². The quantitative estimate of drug-likeness (QED) is 0.651. The lowest BCUT2D eigenvalue weighted by Gasteiger charge is -2.13. The third-order valence-corrected chi connectivity index (χ3v) is 2.66. The van der Waals surface area contributed by atoms with E-state index in [0.29, 0.717) is 13.0 Å². The van der Waals surface area contributed by atoms with Gasteiger partial charge in [-0.3, -0.25) is 0 Å². The van der Waals surface area contributed by atoms with Crippen LogP contribution in [0, 0.1) is 6.92 Å². The Morgan fingerprint density at radius 1 is 1.47 bits per heavy atom.